The largest absolute Gasteiger partial charge is 0.324 e. The van der Waals surface area contributed by atoms with Crippen LogP contribution < -0.4 is 5.73 Å². The van der Waals surface area contributed by atoms with Crippen molar-refractivity contribution in [2.24, 2.45) is 5.73 Å². The fraction of sp³-hybridized carbons (Fsp3) is 0.500. The molecule has 0 bridgehead atoms. The summed E-state index contributed by atoms with van der Waals surface area (Å²) in [7, 11) is 0. The van der Waals surface area contributed by atoms with Crippen molar-refractivity contribution in [2.45, 2.75) is 25.8 Å². The minimum atomic E-state index is 0.121. The lowest BCUT2D eigenvalue weighted by Gasteiger charge is -2.08. The molecule has 1 aromatic rings. The Morgan fingerprint density at radius 1 is 1.55 bits per heavy atom. The van der Waals surface area contributed by atoms with Gasteiger partial charge in [-0.25, -0.2) is 0 Å². The van der Waals surface area contributed by atoms with Crippen LogP contribution in [0.2, 0.25) is 0 Å². The SMILES string of the molecule is CCCC(N)c1ccnnc1. The Bertz CT molecular complexity index is 198. The molecule has 3 nitrogen and oxygen atoms in total. The first kappa shape index (κ1) is 8.14. The van der Waals surface area contributed by atoms with Gasteiger partial charge in [0, 0.05) is 12.2 Å². The standard InChI is InChI=1S/C8H13N3/c1-2-3-8(9)7-4-5-10-11-6-7/h4-6,8H,2-3,9H2,1H3. The van der Waals surface area contributed by atoms with Crippen LogP contribution in [-0.4, -0.2) is 10.2 Å². The first-order chi connectivity index (χ1) is 5.34. The van der Waals surface area contributed by atoms with Crippen molar-refractivity contribution in [1.29, 1.82) is 0 Å². The van der Waals surface area contributed by atoms with Crippen LogP contribution in [0.15, 0.2) is 18.5 Å². The molecule has 1 rings (SSSR count). The Balaban J connectivity index is 2.61. The molecule has 1 atom stereocenters. The minimum absolute atomic E-state index is 0.121. The lowest BCUT2D eigenvalue weighted by molar-refractivity contribution is 0.633. The average molecular weight is 151 g/mol. The molecular formula is C8H13N3. The highest BCUT2D eigenvalue weighted by atomic mass is 15.1. The summed E-state index contributed by atoms with van der Waals surface area (Å²) in [5.41, 5.74) is 6.91. The number of rotatable bonds is 3. The summed E-state index contributed by atoms with van der Waals surface area (Å²) >= 11 is 0. The molecule has 11 heavy (non-hydrogen) atoms. The molecule has 0 aliphatic carbocycles. The lowest BCUT2D eigenvalue weighted by atomic mass is 10.1. The lowest BCUT2D eigenvalue weighted by Crippen LogP contribution is -2.09. The average Bonchev–Trinajstić information content (AvgIpc) is 2.07. The zero-order valence-corrected chi connectivity index (χ0v) is 6.70. The van der Waals surface area contributed by atoms with Crippen molar-refractivity contribution in [2.75, 3.05) is 0 Å². The Kier molecular flexibility index (Phi) is 2.98. The van der Waals surface area contributed by atoms with E-state index in [0.29, 0.717) is 0 Å². The van der Waals surface area contributed by atoms with Crippen LogP contribution in [-0.2, 0) is 0 Å². The maximum atomic E-state index is 5.84. The third-order valence-electron chi connectivity index (χ3n) is 1.63. The first-order valence-corrected chi connectivity index (χ1v) is 3.86. The van der Waals surface area contributed by atoms with Crippen molar-refractivity contribution in [1.82, 2.24) is 10.2 Å². The van der Waals surface area contributed by atoms with Gasteiger partial charge >= 0.3 is 0 Å². The summed E-state index contributed by atoms with van der Waals surface area (Å²) < 4.78 is 0. The van der Waals surface area contributed by atoms with Crippen molar-refractivity contribution in [3.63, 3.8) is 0 Å². The first-order valence-electron chi connectivity index (χ1n) is 3.86. The molecule has 1 unspecified atom stereocenters. The van der Waals surface area contributed by atoms with E-state index in [2.05, 4.69) is 17.1 Å². The summed E-state index contributed by atoms with van der Waals surface area (Å²) in [5.74, 6) is 0. The zero-order chi connectivity index (χ0) is 8.10. The number of nitrogens with two attached hydrogens (primary N) is 1. The zero-order valence-electron chi connectivity index (χ0n) is 6.70. The van der Waals surface area contributed by atoms with Gasteiger partial charge in [0.15, 0.2) is 0 Å². The second-order valence-electron chi connectivity index (χ2n) is 2.57. The summed E-state index contributed by atoms with van der Waals surface area (Å²) in [6.07, 6.45) is 5.50. The molecule has 0 aromatic carbocycles. The van der Waals surface area contributed by atoms with E-state index in [0.717, 1.165) is 18.4 Å². The number of hydrogen-bond donors (Lipinski definition) is 1. The van der Waals surface area contributed by atoms with Gasteiger partial charge < -0.3 is 5.73 Å². The van der Waals surface area contributed by atoms with Gasteiger partial charge in [-0.1, -0.05) is 13.3 Å². The molecule has 60 valence electrons. The molecule has 0 spiro atoms. The van der Waals surface area contributed by atoms with Gasteiger partial charge in [0.1, 0.15) is 0 Å². The Hall–Kier alpha value is -0.960. The monoisotopic (exact) mass is 151 g/mol. The minimum Gasteiger partial charge on any atom is -0.324 e. The van der Waals surface area contributed by atoms with Crippen LogP contribution in [0.25, 0.3) is 0 Å². The molecule has 0 saturated heterocycles. The van der Waals surface area contributed by atoms with Gasteiger partial charge in [0.25, 0.3) is 0 Å². The van der Waals surface area contributed by atoms with Crippen LogP contribution in [0.1, 0.15) is 31.4 Å². The van der Waals surface area contributed by atoms with Crippen LogP contribution in [0, 0.1) is 0 Å². The van der Waals surface area contributed by atoms with Gasteiger partial charge in [-0.05, 0) is 18.1 Å². The number of hydrogen-bond acceptors (Lipinski definition) is 3. The predicted molar refractivity (Wildman–Crippen MR) is 43.9 cm³/mol. The fourth-order valence-corrected chi connectivity index (χ4v) is 0.998. The maximum Gasteiger partial charge on any atom is 0.0543 e. The van der Waals surface area contributed by atoms with Crippen molar-refractivity contribution >= 4 is 0 Å². The second kappa shape index (κ2) is 4.03. The van der Waals surface area contributed by atoms with Gasteiger partial charge in [-0.2, -0.15) is 10.2 Å². The van der Waals surface area contributed by atoms with E-state index in [4.69, 9.17) is 5.73 Å². The fourth-order valence-electron chi connectivity index (χ4n) is 0.998. The van der Waals surface area contributed by atoms with Crippen LogP contribution in [0.4, 0.5) is 0 Å². The molecule has 1 aromatic heterocycles. The quantitative estimate of drug-likeness (QED) is 0.707. The molecular weight excluding hydrogens is 138 g/mol. The Labute approximate surface area is 66.6 Å². The predicted octanol–water partition coefficient (Wildman–Crippen LogP) is 1.28. The number of nitrogens with zero attached hydrogens (tertiary/aromatic N) is 2. The molecule has 0 fully saturated rings. The summed E-state index contributed by atoms with van der Waals surface area (Å²) in [6, 6.07) is 2.03. The third-order valence-corrected chi connectivity index (χ3v) is 1.63. The topological polar surface area (TPSA) is 51.8 Å². The van der Waals surface area contributed by atoms with E-state index >= 15 is 0 Å². The summed E-state index contributed by atoms with van der Waals surface area (Å²) in [5, 5.41) is 7.44. The van der Waals surface area contributed by atoms with E-state index in [9.17, 15) is 0 Å². The molecule has 3 heteroatoms. The van der Waals surface area contributed by atoms with Crippen LogP contribution in [0.3, 0.4) is 0 Å². The molecule has 2 N–H and O–H groups in total. The van der Waals surface area contributed by atoms with E-state index in [1.54, 1.807) is 12.4 Å². The van der Waals surface area contributed by atoms with Gasteiger partial charge in [0.05, 0.1) is 6.20 Å². The molecule has 1 heterocycles. The van der Waals surface area contributed by atoms with Crippen molar-refractivity contribution in [3.8, 4) is 0 Å². The molecule has 0 aliphatic rings. The normalized spacial score (nSPS) is 12.9. The van der Waals surface area contributed by atoms with Gasteiger partial charge in [-0.15, -0.1) is 0 Å². The highest BCUT2D eigenvalue weighted by Crippen LogP contribution is 2.12. The maximum absolute atomic E-state index is 5.84. The summed E-state index contributed by atoms with van der Waals surface area (Å²) in [4.78, 5) is 0. The van der Waals surface area contributed by atoms with E-state index in [1.807, 2.05) is 6.07 Å². The highest BCUT2D eigenvalue weighted by molar-refractivity contribution is 5.10. The van der Waals surface area contributed by atoms with E-state index in [1.165, 1.54) is 0 Å². The number of aromatic nitrogens is 2. The Morgan fingerprint density at radius 2 is 2.36 bits per heavy atom. The molecule has 0 radical (unpaired) electrons. The Morgan fingerprint density at radius 3 is 2.91 bits per heavy atom. The molecule has 0 saturated carbocycles. The highest BCUT2D eigenvalue weighted by Gasteiger charge is 2.02. The second-order valence-corrected chi connectivity index (χ2v) is 2.57. The third kappa shape index (κ3) is 2.27. The van der Waals surface area contributed by atoms with Crippen molar-refractivity contribution in [3.05, 3.63) is 24.0 Å². The molecule has 0 amide bonds. The molecule has 0 aliphatic heterocycles. The van der Waals surface area contributed by atoms with E-state index < -0.39 is 0 Å². The van der Waals surface area contributed by atoms with Gasteiger partial charge in [-0.3, -0.25) is 0 Å². The van der Waals surface area contributed by atoms with Crippen LogP contribution >= 0.6 is 0 Å². The smallest absolute Gasteiger partial charge is 0.0543 e. The van der Waals surface area contributed by atoms with Crippen molar-refractivity contribution < 1.29 is 0 Å². The van der Waals surface area contributed by atoms with Crippen LogP contribution in [0.5, 0.6) is 0 Å². The summed E-state index contributed by atoms with van der Waals surface area (Å²) in [6.45, 7) is 2.12. The van der Waals surface area contributed by atoms with Gasteiger partial charge in [0.2, 0.25) is 0 Å². The van der Waals surface area contributed by atoms with E-state index in [-0.39, 0.29) is 6.04 Å².